The Bertz CT molecular complexity index is 920. The van der Waals surface area contributed by atoms with Crippen molar-refractivity contribution in [3.8, 4) is 17.2 Å². The van der Waals surface area contributed by atoms with Crippen molar-refractivity contribution < 1.29 is 23.8 Å². The molecule has 2 aromatic rings. The van der Waals surface area contributed by atoms with E-state index in [1.54, 1.807) is 48.3 Å². The molecule has 0 aliphatic carbocycles. The van der Waals surface area contributed by atoms with Gasteiger partial charge in [-0.15, -0.1) is 0 Å². The summed E-state index contributed by atoms with van der Waals surface area (Å²) in [4.78, 5) is 26.6. The van der Waals surface area contributed by atoms with Crippen molar-refractivity contribution in [3.63, 3.8) is 0 Å². The maximum atomic E-state index is 12.5. The number of nitrogens with zero attached hydrogens (tertiary/aromatic N) is 1. The van der Waals surface area contributed by atoms with Gasteiger partial charge in [0.2, 0.25) is 5.91 Å². The largest absolute Gasteiger partial charge is 0.497 e. The number of carbonyl (C=O) groups excluding carboxylic acids is 2. The minimum atomic E-state index is -0.635. The van der Waals surface area contributed by atoms with Gasteiger partial charge in [-0.25, -0.2) is 4.79 Å². The number of benzene rings is 2. The number of methoxy groups -OCH3 is 2. The van der Waals surface area contributed by atoms with Crippen LogP contribution in [0.2, 0.25) is 0 Å². The van der Waals surface area contributed by atoms with Crippen LogP contribution in [0.25, 0.3) is 0 Å². The highest BCUT2D eigenvalue weighted by molar-refractivity contribution is 6.02. The Balaban J connectivity index is 1.76. The monoisotopic (exact) mass is 399 g/mol. The summed E-state index contributed by atoms with van der Waals surface area (Å²) in [5.41, 5.74) is 1.09. The molecule has 2 aromatic carbocycles. The van der Waals surface area contributed by atoms with Crippen LogP contribution < -0.4 is 29.7 Å². The molecule has 1 aliphatic rings. The average Bonchev–Trinajstić information content (AvgIpc) is 2.78. The zero-order chi connectivity index (χ0) is 21.2. The molecule has 0 saturated heterocycles. The maximum absolute atomic E-state index is 12.5. The second-order valence-corrected chi connectivity index (χ2v) is 7.40. The first-order chi connectivity index (χ1) is 13.7. The van der Waals surface area contributed by atoms with E-state index in [0.717, 1.165) is 0 Å². The Hall–Kier alpha value is -3.42. The number of hydrogen-bond donors (Lipinski definition) is 2. The second kappa shape index (κ2) is 7.90. The highest BCUT2D eigenvalue weighted by Gasteiger charge is 2.36. The van der Waals surface area contributed by atoms with Crippen molar-refractivity contribution in [3.05, 3.63) is 36.4 Å². The number of anilines is 3. The van der Waals surface area contributed by atoms with Gasteiger partial charge in [-0.2, -0.15) is 0 Å². The lowest BCUT2D eigenvalue weighted by molar-refractivity contribution is -0.127. The SMILES string of the molecule is COc1cc(NC(=O)Nc2ccc3c(c2)OCC(C)(C)C(=O)N3C)cc(OC)c1. The topological polar surface area (TPSA) is 89.1 Å². The summed E-state index contributed by atoms with van der Waals surface area (Å²) in [6.45, 7) is 3.93. The smallest absolute Gasteiger partial charge is 0.323 e. The normalized spacial score (nSPS) is 14.9. The van der Waals surface area contributed by atoms with Crippen molar-refractivity contribution in [2.75, 3.05) is 43.4 Å². The zero-order valence-corrected chi connectivity index (χ0v) is 17.2. The number of ether oxygens (including phenoxy) is 3. The molecule has 1 heterocycles. The molecule has 3 rings (SSSR count). The van der Waals surface area contributed by atoms with E-state index in [1.165, 1.54) is 14.2 Å². The number of hydrogen-bond acceptors (Lipinski definition) is 5. The molecule has 8 nitrogen and oxygen atoms in total. The molecule has 29 heavy (non-hydrogen) atoms. The van der Waals surface area contributed by atoms with Gasteiger partial charge < -0.3 is 29.7 Å². The summed E-state index contributed by atoms with van der Waals surface area (Å²) in [7, 11) is 4.79. The van der Waals surface area contributed by atoms with Crippen molar-refractivity contribution >= 4 is 29.0 Å². The molecule has 0 saturated carbocycles. The molecule has 2 N–H and O–H groups in total. The van der Waals surface area contributed by atoms with Gasteiger partial charge in [-0.1, -0.05) is 0 Å². The van der Waals surface area contributed by atoms with Crippen LogP contribution in [-0.2, 0) is 4.79 Å². The molecule has 0 radical (unpaired) electrons. The minimum absolute atomic E-state index is 0.0262. The van der Waals surface area contributed by atoms with E-state index in [-0.39, 0.29) is 12.5 Å². The molecule has 1 aliphatic heterocycles. The van der Waals surface area contributed by atoms with E-state index in [9.17, 15) is 9.59 Å². The minimum Gasteiger partial charge on any atom is -0.497 e. The maximum Gasteiger partial charge on any atom is 0.323 e. The van der Waals surface area contributed by atoms with Crippen molar-refractivity contribution in [1.82, 2.24) is 0 Å². The second-order valence-electron chi connectivity index (χ2n) is 7.40. The first kappa shape index (κ1) is 20.3. The molecule has 0 spiro atoms. The van der Waals surface area contributed by atoms with Gasteiger partial charge in [0.1, 0.15) is 23.9 Å². The molecule has 0 unspecified atom stereocenters. The van der Waals surface area contributed by atoms with Crippen LogP contribution in [0.15, 0.2) is 36.4 Å². The van der Waals surface area contributed by atoms with Crippen LogP contribution in [0.1, 0.15) is 13.8 Å². The summed E-state index contributed by atoms with van der Waals surface area (Å²) < 4.78 is 16.3. The summed E-state index contributed by atoms with van der Waals surface area (Å²) in [6.07, 6.45) is 0. The van der Waals surface area contributed by atoms with Crippen LogP contribution >= 0.6 is 0 Å². The van der Waals surface area contributed by atoms with Crippen LogP contribution in [0.4, 0.5) is 21.9 Å². The molecule has 0 fully saturated rings. The standard InChI is InChI=1S/C21H25N3O5/c1-21(2)12-29-18-10-13(6-7-17(18)24(3)19(21)25)22-20(26)23-14-8-15(27-4)11-16(9-14)28-5/h6-11H,12H2,1-5H3,(H2,22,23,26). The van der Waals surface area contributed by atoms with Gasteiger partial charge >= 0.3 is 6.03 Å². The number of fused-ring (bicyclic) bond motifs is 1. The highest BCUT2D eigenvalue weighted by atomic mass is 16.5. The van der Waals surface area contributed by atoms with Crippen LogP contribution in [-0.4, -0.2) is 39.8 Å². The number of rotatable bonds is 4. The third kappa shape index (κ3) is 4.37. The summed E-state index contributed by atoms with van der Waals surface area (Å²) in [6, 6.07) is 9.82. The van der Waals surface area contributed by atoms with E-state index in [2.05, 4.69) is 10.6 Å². The Morgan fingerprint density at radius 3 is 2.28 bits per heavy atom. The van der Waals surface area contributed by atoms with E-state index in [4.69, 9.17) is 14.2 Å². The van der Waals surface area contributed by atoms with E-state index >= 15 is 0 Å². The fourth-order valence-corrected chi connectivity index (χ4v) is 3.04. The number of amides is 3. The van der Waals surface area contributed by atoms with E-state index < -0.39 is 11.4 Å². The molecule has 0 atom stereocenters. The summed E-state index contributed by atoms with van der Waals surface area (Å²) in [5.74, 6) is 1.63. The van der Waals surface area contributed by atoms with Crippen LogP contribution in [0.3, 0.4) is 0 Å². The third-order valence-corrected chi connectivity index (χ3v) is 4.66. The average molecular weight is 399 g/mol. The third-order valence-electron chi connectivity index (χ3n) is 4.66. The molecular formula is C21H25N3O5. The number of urea groups is 1. The van der Waals surface area contributed by atoms with Crippen molar-refractivity contribution in [2.24, 2.45) is 5.41 Å². The Kier molecular flexibility index (Phi) is 5.54. The van der Waals surface area contributed by atoms with Crippen LogP contribution in [0.5, 0.6) is 17.2 Å². The molecule has 3 amide bonds. The molecular weight excluding hydrogens is 374 g/mol. The first-order valence-electron chi connectivity index (χ1n) is 9.09. The van der Waals surface area contributed by atoms with E-state index in [1.807, 2.05) is 13.8 Å². The van der Waals surface area contributed by atoms with Gasteiger partial charge in [0.05, 0.1) is 25.3 Å². The zero-order valence-electron chi connectivity index (χ0n) is 17.2. The Morgan fingerprint density at radius 1 is 1.03 bits per heavy atom. The Labute approximate surface area is 169 Å². The van der Waals surface area contributed by atoms with Gasteiger partial charge in [0.15, 0.2) is 0 Å². The summed E-state index contributed by atoms with van der Waals surface area (Å²) in [5, 5.41) is 5.51. The summed E-state index contributed by atoms with van der Waals surface area (Å²) >= 11 is 0. The fourth-order valence-electron chi connectivity index (χ4n) is 3.04. The van der Waals surface area contributed by atoms with Crippen LogP contribution in [0, 0.1) is 5.41 Å². The Morgan fingerprint density at radius 2 is 1.66 bits per heavy atom. The lowest BCUT2D eigenvalue weighted by Crippen LogP contribution is -2.39. The van der Waals surface area contributed by atoms with Gasteiger partial charge in [0, 0.05) is 42.7 Å². The lowest BCUT2D eigenvalue weighted by atomic mass is 9.93. The van der Waals surface area contributed by atoms with Gasteiger partial charge in [-0.3, -0.25) is 4.79 Å². The molecule has 154 valence electrons. The molecule has 0 bridgehead atoms. The molecule has 8 heteroatoms. The van der Waals surface area contributed by atoms with Crippen molar-refractivity contribution in [1.29, 1.82) is 0 Å². The number of carbonyl (C=O) groups is 2. The van der Waals surface area contributed by atoms with Gasteiger partial charge in [0.25, 0.3) is 0 Å². The number of nitrogens with one attached hydrogen (secondary N) is 2. The first-order valence-corrected chi connectivity index (χ1v) is 9.09. The predicted octanol–water partition coefficient (Wildman–Crippen LogP) is 3.73. The fraction of sp³-hybridized carbons (Fsp3) is 0.333. The lowest BCUT2D eigenvalue weighted by Gasteiger charge is -2.24. The molecule has 0 aromatic heterocycles. The van der Waals surface area contributed by atoms with Crippen molar-refractivity contribution in [2.45, 2.75) is 13.8 Å². The van der Waals surface area contributed by atoms with Gasteiger partial charge in [-0.05, 0) is 26.0 Å². The van der Waals surface area contributed by atoms with E-state index in [0.29, 0.717) is 34.3 Å². The predicted molar refractivity (Wildman–Crippen MR) is 111 cm³/mol. The highest BCUT2D eigenvalue weighted by Crippen LogP contribution is 2.37. The quantitative estimate of drug-likeness (QED) is 0.818.